The number of unbranched alkanes of at least 4 members (excludes halogenated alkanes) is 1. The first kappa shape index (κ1) is 16.2. The van der Waals surface area contributed by atoms with E-state index in [-0.39, 0.29) is 0 Å². The number of hydrogen-bond acceptors (Lipinski definition) is 0. The highest BCUT2D eigenvalue weighted by atomic mass is 14.8. The lowest BCUT2D eigenvalue weighted by atomic mass is 9.27. The Bertz CT molecular complexity index is 486. The molecule has 0 N–H and O–H groups in total. The summed E-state index contributed by atoms with van der Waals surface area (Å²) in [5.41, 5.74) is 0. The highest BCUT2D eigenvalue weighted by molar-refractivity contribution is 5.19. The van der Waals surface area contributed by atoms with Crippen molar-refractivity contribution >= 4 is 0 Å². The SMILES string of the molecule is CCCCC(C(C)C)C1CC2C(C)C(C3CC4C5C(C)CC5C43)C21. The van der Waals surface area contributed by atoms with Crippen LogP contribution in [0.15, 0.2) is 0 Å². The average molecular weight is 329 g/mol. The molecule has 0 spiro atoms. The Morgan fingerprint density at radius 1 is 0.792 bits per heavy atom. The van der Waals surface area contributed by atoms with Crippen molar-refractivity contribution < 1.29 is 0 Å². The van der Waals surface area contributed by atoms with E-state index in [1.807, 2.05) is 0 Å². The van der Waals surface area contributed by atoms with E-state index in [2.05, 4.69) is 34.6 Å². The van der Waals surface area contributed by atoms with Crippen LogP contribution in [0.1, 0.15) is 73.1 Å². The topological polar surface area (TPSA) is 0 Å². The molecule has 0 bridgehead atoms. The van der Waals surface area contributed by atoms with Crippen molar-refractivity contribution in [1.82, 2.24) is 0 Å². The van der Waals surface area contributed by atoms with Crippen molar-refractivity contribution in [3.8, 4) is 0 Å². The van der Waals surface area contributed by atoms with Crippen molar-refractivity contribution in [2.24, 2.45) is 76.9 Å². The number of rotatable bonds is 6. The fourth-order valence-electron chi connectivity index (χ4n) is 9.18. The lowest BCUT2D eigenvalue weighted by molar-refractivity contribution is -0.296. The second-order valence-corrected chi connectivity index (χ2v) is 11.2. The molecule has 0 heterocycles. The summed E-state index contributed by atoms with van der Waals surface area (Å²) in [6.45, 7) is 12.5. The van der Waals surface area contributed by atoms with Crippen LogP contribution >= 0.6 is 0 Å². The first-order valence-corrected chi connectivity index (χ1v) is 11.5. The summed E-state index contributed by atoms with van der Waals surface area (Å²) in [6, 6.07) is 0. The second-order valence-electron chi connectivity index (χ2n) is 11.2. The molecule has 136 valence electrons. The molecule has 5 saturated carbocycles. The molecule has 0 nitrogen and oxygen atoms in total. The molecule has 0 saturated heterocycles. The van der Waals surface area contributed by atoms with Gasteiger partial charge >= 0.3 is 0 Å². The lowest BCUT2D eigenvalue weighted by Crippen LogP contribution is -2.72. The van der Waals surface area contributed by atoms with Gasteiger partial charge < -0.3 is 0 Å². The van der Waals surface area contributed by atoms with Crippen LogP contribution in [-0.4, -0.2) is 0 Å². The molecule has 12 atom stereocenters. The monoisotopic (exact) mass is 328 g/mol. The van der Waals surface area contributed by atoms with Gasteiger partial charge in [0.1, 0.15) is 0 Å². The highest BCUT2D eigenvalue weighted by Gasteiger charge is 2.72. The third kappa shape index (κ3) is 1.87. The summed E-state index contributed by atoms with van der Waals surface area (Å²) in [5.74, 6) is 14.6. The zero-order chi connectivity index (χ0) is 16.7. The molecular formula is C24H40. The van der Waals surface area contributed by atoms with Crippen LogP contribution in [0.4, 0.5) is 0 Å². The Labute approximate surface area is 150 Å². The van der Waals surface area contributed by atoms with Gasteiger partial charge in [-0.3, -0.25) is 0 Å². The Balaban J connectivity index is 1.25. The molecule has 0 aliphatic heterocycles. The maximum absolute atomic E-state index is 2.63. The molecule has 0 aromatic heterocycles. The van der Waals surface area contributed by atoms with Crippen LogP contribution in [0, 0.1) is 76.9 Å². The summed E-state index contributed by atoms with van der Waals surface area (Å²) in [5, 5.41) is 0. The zero-order valence-corrected chi connectivity index (χ0v) is 16.7. The molecule has 5 aliphatic rings. The molecule has 0 aromatic carbocycles. The van der Waals surface area contributed by atoms with Crippen LogP contribution in [0.5, 0.6) is 0 Å². The molecule has 5 aliphatic carbocycles. The van der Waals surface area contributed by atoms with Crippen molar-refractivity contribution in [1.29, 1.82) is 0 Å². The van der Waals surface area contributed by atoms with Gasteiger partial charge in [-0.25, -0.2) is 0 Å². The van der Waals surface area contributed by atoms with Crippen molar-refractivity contribution in [2.45, 2.75) is 73.1 Å². The summed E-state index contributed by atoms with van der Waals surface area (Å²) in [4.78, 5) is 0. The fourth-order valence-corrected chi connectivity index (χ4v) is 9.18. The molecule has 24 heavy (non-hydrogen) atoms. The van der Waals surface area contributed by atoms with Gasteiger partial charge in [0.15, 0.2) is 0 Å². The first-order chi connectivity index (χ1) is 11.5. The highest BCUT2D eigenvalue weighted by Crippen LogP contribution is 2.77. The minimum atomic E-state index is 0.911. The first-order valence-electron chi connectivity index (χ1n) is 11.5. The Hall–Kier alpha value is 0. The maximum atomic E-state index is 2.63. The quantitative estimate of drug-likeness (QED) is 0.521. The van der Waals surface area contributed by atoms with Gasteiger partial charge in [0, 0.05) is 0 Å². The molecule has 5 rings (SSSR count). The van der Waals surface area contributed by atoms with E-state index in [1.165, 1.54) is 48.9 Å². The summed E-state index contributed by atoms with van der Waals surface area (Å²) < 4.78 is 0. The largest absolute Gasteiger partial charge is 0.0654 e. The summed E-state index contributed by atoms with van der Waals surface area (Å²) >= 11 is 0. The van der Waals surface area contributed by atoms with Crippen LogP contribution in [-0.2, 0) is 0 Å². The van der Waals surface area contributed by atoms with Gasteiger partial charge in [0.05, 0.1) is 0 Å². The van der Waals surface area contributed by atoms with Gasteiger partial charge in [0.2, 0.25) is 0 Å². The minimum Gasteiger partial charge on any atom is -0.0654 e. The van der Waals surface area contributed by atoms with E-state index in [1.54, 1.807) is 19.3 Å². The van der Waals surface area contributed by atoms with E-state index in [9.17, 15) is 0 Å². The maximum Gasteiger partial charge on any atom is -0.0318 e. The smallest absolute Gasteiger partial charge is 0.0318 e. The minimum absolute atomic E-state index is 0.911. The molecule has 5 fully saturated rings. The zero-order valence-electron chi connectivity index (χ0n) is 16.7. The average Bonchev–Trinajstić information content (AvgIpc) is 2.50. The molecular weight excluding hydrogens is 288 g/mol. The van der Waals surface area contributed by atoms with E-state index < -0.39 is 0 Å². The summed E-state index contributed by atoms with van der Waals surface area (Å²) in [6.07, 6.45) is 9.19. The summed E-state index contributed by atoms with van der Waals surface area (Å²) in [7, 11) is 0. The van der Waals surface area contributed by atoms with Crippen LogP contribution < -0.4 is 0 Å². The molecule has 0 heteroatoms. The van der Waals surface area contributed by atoms with Crippen molar-refractivity contribution in [2.75, 3.05) is 0 Å². The van der Waals surface area contributed by atoms with Gasteiger partial charge in [-0.2, -0.15) is 0 Å². The van der Waals surface area contributed by atoms with E-state index in [0.29, 0.717) is 0 Å². The fraction of sp³-hybridized carbons (Fsp3) is 1.00. The Kier molecular flexibility index (Phi) is 3.71. The number of hydrogen-bond donors (Lipinski definition) is 0. The van der Waals surface area contributed by atoms with Gasteiger partial charge in [-0.15, -0.1) is 0 Å². The molecule has 0 amide bonds. The third-order valence-electron chi connectivity index (χ3n) is 10.4. The van der Waals surface area contributed by atoms with E-state index >= 15 is 0 Å². The lowest BCUT2D eigenvalue weighted by Gasteiger charge is -2.77. The van der Waals surface area contributed by atoms with Crippen molar-refractivity contribution in [3.05, 3.63) is 0 Å². The molecule has 0 radical (unpaired) electrons. The Morgan fingerprint density at radius 3 is 2.12 bits per heavy atom. The van der Waals surface area contributed by atoms with Crippen molar-refractivity contribution in [3.63, 3.8) is 0 Å². The van der Waals surface area contributed by atoms with Gasteiger partial charge in [-0.05, 0) is 103 Å². The third-order valence-corrected chi connectivity index (χ3v) is 10.4. The molecule has 0 aromatic rings. The predicted octanol–water partition coefficient (Wildman–Crippen LogP) is 6.51. The van der Waals surface area contributed by atoms with Crippen LogP contribution in [0.3, 0.4) is 0 Å². The van der Waals surface area contributed by atoms with Crippen LogP contribution in [0.2, 0.25) is 0 Å². The van der Waals surface area contributed by atoms with Crippen LogP contribution in [0.25, 0.3) is 0 Å². The van der Waals surface area contributed by atoms with Gasteiger partial charge in [0.25, 0.3) is 0 Å². The Morgan fingerprint density at radius 2 is 1.50 bits per heavy atom. The van der Waals surface area contributed by atoms with Gasteiger partial charge in [-0.1, -0.05) is 47.5 Å². The number of fused-ring (bicyclic) bond motifs is 5. The standard InChI is InChI=1S/C24H40/c1-6-7-8-15(12(2)3)17-10-16-14(5)22(24(16)17)20-11-19-21-13(4)9-18(21)23(19)20/h12-24H,6-11H2,1-5H3. The second kappa shape index (κ2) is 5.50. The predicted molar refractivity (Wildman–Crippen MR) is 101 cm³/mol. The van der Waals surface area contributed by atoms with E-state index in [0.717, 1.165) is 47.3 Å². The normalized spacial score (nSPS) is 58.0. The van der Waals surface area contributed by atoms with E-state index in [4.69, 9.17) is 0 Å². The molecule has 12 unspecified atom stereocenters.